The molecule has 0 aliphatic carbocycles. The van der Waals surface area contributed by atoms with E-state index in [-0.39, 0.29) is 5.91 Å². The highest BCUT2D eigenvalue weighted by Gasteiger charge is 2.24. The first-order valence-electron chi connectivity index (χ1n) is 8.55. The Kier molecular flexibility index (Phi) is 5.76. The number of amidine groups is 1. The van der Waals surface area contributed by atoms with Crippen molar-refractivity contribution in [2.45, 2.75) is 19.8 Å². The number of hydrogen-bond donors (Lipinski definition) is 1. The number of esters is 1. The molecule has 1 heterocycles. The van der Waals surface area contributed by atoms with Crippen LogP contribution < -0.4 is 5.32 Å². The van der Waals surface area contributed by atoms with E-state index in [4.69, 9.17) is 4.74 Å². The molecule has 1 N–H and O–H groups in total. The summed E-state index contributed by atoms with van der Waals surface area (Å²) in [6.07, 6.45) is 1.83. The minimum atomic E-state index is -0.467. The average molecular weight is 380 g/mol. The molecule has 27 heavy (non-hydrogen) atoms. The van der Waals surface area contributed by atoms with Crippen LogP contribution in [0.15, 0.2) is 58.4 Å². The molecule has 1 saturated heterocycles. The summed E-state index contributed by atoms with van der Waals surface area (Å²) in [6, 6.07) is 15.0. The normalized spacial score (nSPS) is 16.8. The number of aliphatic imine (C=N–C) groups is 1. The number of methoxy groups -OCH3 is 1. The van der Waals surface area contributed by atoms with E-state index in [0.29, 0.717) is 27.2 Å². The quantitative estimate of drug-likeness (QED) is 0.627. The van der Waals surface area contributed by atoms with E-state index in [2.05, 4.69) is 36.3 Å². The molecule has 1 fully saturated rings. The van der Waals surface area contributed by atoms with Crippen molar-refractivity contribution >= 4 is 40.6 Å². The molecule has 2 aromatic rings. The lowest BCUT2D eigenvalue weighted by atomic mass is 10.0. The van der Waals surface area contributed by atoms with E-state index in [9.17, 15) is 9.59 Å². The number of nitrogens with one attached hydrogen (secondary N) is 1. The summed E-state index contributed by atoms with van der Waals surface area (Å²) >= 11 is 1.25. The molecule has 1 aliphatic rings. The third-order valence-electron chi connectivity index (χ3n) is 4.08. The van der Waals surface area contributed by atoms with E-state index in [1.54, 1.807) is 24.3 Å². The van der Waals surface area contributed by atoms with Crippen molar-refractivity contribution in [2.75, 3.05) is 7.11 Å². The molecule has 3 rings (SSSR count). The van der Waals surface area contributed by atoms with Gasteiger partial charge in [-0.15, -0.1) is 0 Å². The number of para-hydroxylation sites is 1. The van der Waals surface area contributed by atoms with Crippen LogP contribution in [0.1, 0.15) is 41.3 Å². The summed E-state index contributed by atoms with van der Waals surface area (Å²) in [4.78, 5) is 29.1. The number of amides is 1. The van der Waals surface area contributed by atoms with Crippen molar-refractivity contribution in [3.05, 3.63) is 70.1 Å². The van der Waals surface area contributed by atoms with Gasteiger partial charge in [0.2, 0.25) is 0 Å². The van der Waals surface area contributed by atoms with Crippen molar-refractivity contribution in [1.82, 2.24) is 5.32 Å². The van der Waals surface area contributed by atoms with Gasteiger partial charge < -0.3 is 10.1 Å². The molecular weight excluding hydrogens is 360 g/mol. The van der Waals surface area contributed by atoms with Gasteiger partial charge in [-0.25, -0.2) is 9.79 Å². The molecule has 5 nitrogen and oxygen atoms in total. The Morgan fingerprint density at radius 3 is 2.52 bits per heavy atom. The minimum Gasteiger partial charge on any atom is -0.465 e. The zero-order chi connectivity index (χ0) is 19.4. The van der Waals surface area contributed by atoms with Crippen LogP contribution in [0.3, 0.4) is 0 Å². The van der Waals surface area contributed by atoms with Crippen LogP contribution in [-0.4, -0.2) is 24.2 Å². The maximum absolute atomic E-state index is 12.3. The second kappa shape index (κ2) is 8.22. The molecule has 0 saturated carbocycles. The Bertz CT molecular complexity index is 931. The van der Waals surface area contributed by atoms with Gasteiger partial charge in [-0.05, 0) is 47.0 Å². The van der Waals surface area contributed by atoms with Crippen LogP contribution >= 0.6 is 11.8 Å². The van der Waals surface area contributed by atoms with Gasteiger partial charge in [0, 0.05) is 0 Å². The fourth-order valence-corrected chi connectivity index (χ4v) is 3.41. The smallest absolute Gasteiger partial charge is 0.340 e. The largest absolute Gasteiger partial charge is 0.465 e. The first-order valence-corrected chi connectivity index (χ1v) is 9.36. The minimum absolute atomic E-state index is 0.206. The van der Waals surface area contributed by atoms with Crippen molar-refractivity contribution in [3.8, 4) is 0 Å². The van der Waals surface area contributed by atoms with Gasteiger partial charge in [0.25, 0.3) is 5.91 Å². The summed E-state index contributed by atoms with van der Waals surface area (Å²) < 4.78 is 4.78. The lowest BCUT2D eigenvalue weighted by molar-refractivity contribution is -0.115. The zero-order valence-corrected chi connectivity index (χ0v) is 16.2. The maximum Gasteiger partial charge on any atom is 0.340 e. The van der Waals surface area contributed by atoms with E-state index in [1.807, 2.05) is 18.2 Å². The fraction of sp³-hybridized carbons (Fsp3) is 0.190. The lowest BCUT2D eigenvalue weighted by Crippen LogP contribution is -2.19. The molecule has 0 bridgehead atoms. The molecule has 0 aromatic heterocycles. The molecule has 0 radical (unpaired) electrons. The highest BCUT2D eigenvalue weighted by Crippen LogP contribution is 2.29. The van der Waals surface area contributed by atoms with Crippen LogP contribution in [0.25, 0.3) is 6.08 Å². The van der Waals surface area contributed by atoms with Gasteiger partial charge in [-0.1, -0.05) is 50.2 Å². The summed E-state index contributed by atoms with van der Waals surface area (Å²) in [6.45, 7) is 4.28. The number of nitrogens with zero attached hydrogens (tertiary/aromatic N) is 1. The predicted molar refractivity (Wildman–Crippen MR) is 109 cm³/mol. The Labute approximate surface area is 162 Å². The number of rotatable bonds is 4. The van der Waals surface area contributed by atoms with Gasteiger partial charge in [0.05, 0.1) is 23.3 Å². The molecule has 2 aromatic carbocycles. The van der Waals surface area contributed by atoms with Crippen LogP contribution in [0, 0.1) is 0 Å². The molecule has 0 spiro atoms. The highest BCUT2D eigenvalue weighted by molar-refractivity contribution is 8.18. The first-order chi connectivity index (χ1) is 13.0. The van der Waals surface area contributed by atoms with Gasteiger partial charge in [-0.3, -0.25) is 4.79 Å². The van der Waals surface area contributed by atoms with E-state index < -0.39 is 5.97 Å². The van der Waals surface area contributed by atoms with Crippen LogP contribution in [0.2, 0.25) is 0 Å². The van der Waals surface area contributed by atoms with Crippen LogP contribution in [0.5, 0.6) is 0 Å². The summed E-state index contributed by atoms with van der Waals surface area (Å²) in [5, 5.41) is 3.17. The van der Waals surface area contributed by atoms with E-state index >= 15 is 0 Å². The molecule has 1 aliphatic heterocycles. The van der Waals surface area contributed by atoms with Crippen LogP contribution in [-0.2, 0) is 9.53 Å². The average Bonchev–Trinajstić information content (AvgIpc) is 3.01. The molecule has 6 heteroatoms. The van der Waals surface area contributed by atoms with Crippen molar-refractivity contribution in [3.63, 3.8) is 0 Å². The Morgan fingerprint density at radius 1 is 1.15 bits per heavy atom. The molecular formula is C21H20N2O3S. The molecule has 0 atom stereocenters. The number of ether oxygens (including phenoxy) is 1. The van der Waals surface area contributed by atoms with Crippen LogP contribution in [0.4, 0.5) is 5.69 Å². The standard InChI is InChI=1S/C21H20N2O3S/c1-13(2)15-10-8-14(9-11-15)12-18-19(24)23-21(27-18)22-17-7-5-4-6-16(17)20(25)26-3/h4-13H,1-3H3,(H,22,23,24)/b18-12-. The summed E-state index contributed by atoms with van der Waals surface area (Å²) in [5.41, 5.74) is 3.01. The van der Waals surface area contributed by atoms with Crippen molar-refractivity contribution in [2.24, 2.45) is 4.99 Å². The Morgan fingerprint density at radius 2 is 1.85 bits per heavy atom. The molecule has 1 amide bonds. The van der Waals surface area contributed by atoms with E-state index in [1.165, 1.54) is 24.4 Å². The third-order valence-corrected chi connectivity index (χ3v) is 4.99. The predicted octanol–water partition coefficient (Wildman–Crippen LogP) is 4.49. The van der Waals surface area contributed by atoms with Gasteiger partial charge in [0.1, 0.15) is 0 Å². The highest BCUT2D eigenvalue weighted by atomic mass is 32.2. The topological polar surface area (TPSA) is 67.8 Å². The SMILES string of the molecule is COC(=O)c1ccccc1N=C1NC(=O)/C(=C/c2ccc(C(C)C)cc2)S1. The maximum atomic E-state index is 12.3. The van der Waals surface area contributed by atoms with Gasteiger partial charge in [-0.2, -0.15) is 0 Å². The van der Waals surface area contributed by atoms with E-state index in [0.717, 1.165) is 5.56 Å². The fourth-order valence-electron chi connectivity index (χ4n) is 2.57. The lowest BCUT2D eigenvalue weighted by Gasteiger charge is -2.04. The third kappa shape index (κ3) is 4.46. The zero-order valence-electron chi connectivity index (χ0n) is 15.4. The number of thioether (sulfide) groups is 1. The number of carbonyl (C=O) groups excluding carboxylic acids is 2. The Hall–Kier alpha value is -2.86. The second-order valence-electron chi connectivity index (χ2n) is 6.31. The van der Waals surface area contributed by atoms with Gasteiger partial charge in [0.15, 0.2) is 5.17 Å². The molecule has 138 valence electrons. The first kappa shape index (κ1) is 18.9. The second-order valence-corrected chi connectivity index (χ2v) is 7.34. The molecule has 0 unspecified atom stereocenters. The summed E-state index contributed by atoms with van der Waals surface area (Å²) in [5.74, 6) is -0.211. The summed E-state index contributed by atoms with van der Waals surface area (Å²) in [7, 11) is 1.32. The van der Waals surface area contributed by atoms with Crippen molar-refractivity contribution in [1.29, 1.82) is 0 Å². The number of carbonyl (C=O) groups is 2. The number of benzene rings is 2. The Balaban J connectivity index is 1.83. The van der Waals surface area contributed by atoms with Gasteiger partial charge >= 0.3 is 5.97 Å². The monoisotopic (exact) mass is 380 g/mol. The van der Waals surface area contributed by atoms with Crippen molar-refractivity contribution < 1.29 is 14.3 Å². The number of hydrogen-bond acceptors (Lipinski definition) is 5.